The summed E-state index contributed by atoms with van der Waals surface area (Å²) in [7, 11) is 0. The number of hydrogen-bond donors (Lipinski definition) is 1. The molecule has 0 saturated heterocycles. The minimum absolute atomic E-state index is 0. The third-order valence-electron chi connectivity index (χ3n) is 3.97. The monoisotopic (exact) mass is 327 g/mol. The van der Waals surface area contributed by atoms with Gasteiger partial charge in [0.05, 0.1) is 0 Å². The molecule has 1 atom stereocenters. The molecular weight excluding hydrogens is 302 g/mol. The predicted molar refractivity (Wildman–Crippen MR) is 86.4 cm³/mol. The Kier molecular flexibility index (Phi) is 6.87. The Hall–Kier alpha value is -0.540. The molecule has 2 nitrogen and oxygen atoms in total. The largest absolute Gasteiger partial charge is 0.508 e. The summed E-state index contributed by atoms with van der Waals surface area (Å²) in [6, 6.07) is 6.57. The second-order valence-corrected chi connectivity index (χ2v) is 5.35. The van der Waals surface area contributed by atoms with E-state index in [1.54, 1.807) is 0 Å². The van der Waals surface area contributed by atoms with Gasteiger partial charge in [-0.1, -0.05) is 26.0 Å². The maximum absolute atomic E-state index is 10.00. The molecule has 0 aliphatic heterocycles. The molecule has 0 spiro atoms. The zero-order valence-corrected chi connectivity index (χ0v) is 13.8. The number of phenolic OH excluding ortho intramolecular Hbond substituents is 1. The van der Waals surface area contributed by atoms with E-state index in [1.165, 1.54) is 43.5 Å². The van der Waals surface area contributed by atoms with Crippen LogP contribution in [0.15, 0.2) is 18.2 Å². The highest BCUT2D eigenvalue weighted by molar-refractivity contribution is 8.93. The first-order valence-corrected chi connectivity index (χ1v) is 7.30. The van der Waals surface area contributed by atoms with Crippen LogP contribution >= 0.6 is 17.0 Å². The minimum atomic E-state index is 0. The Morgan fingerprint density at radius 1 is 1.21 bits per heavy atom. The van der Waals surface area contributed by atoms with E-state index in [2.05, 4.69) is 24.8 Å². The summed E-state index contributed by atoms with van der Waals surface area (Å²) in [5.74, 6) is 0.491. The Labute approximate surface area is 127 Å². The van der Waals surface area contributed by atoms with Crippen LogP contribution in [0.5, 0.6) is 5.75 Å². The quantitative estimate of drug-likeness (QED) is 0.885. The van der Waals surface area contributed by atoms with Crippen molar-refractivity contribution in [1.82, 2.24) is 4.90 Å². The highest BCUT2D eigenvalue weighted by atomic mass is 79.9. The van der Waals surface area contributed by atoms with E-state index in [0.29, 0.717) is 11.8 Å². The fourth-order valence-electron chi connectivity index (χ4n) is 3.11. The van der Waals surface area contributed by atoms with Gasteiger partial charge < -0.3 is 10.0 Å². The van der Waals surface area contributed by atoms with Crippen LogP contribution in [0.3, 0.4) is 0 Å². The first-order chi connectivity index (χ1) is 8.76. The lowest BCUT2D eigenvalue weighted by molar-refractivity contribution is 0.179. The van der Waals surface area contributed by atoms with E-state index >= 15 is 0 Å². The topological polar surface area (TPSA) is 23.5 Å². The first-order valence-electron chi connectivity index (χ1n) is 7.30. The van der Waals surface area contributed by atoms with Crippen molar-refractivity contribution in [3.63, 3.8) is 0 Å². The average Bonchev–Trinajstić information content (AvgIpc) is 2.39. The van der Waals surface area contributed by atoms with Crippen molar-refractivity contribution in [2.24, 2.45) is 0 Å². The molecule has 0 saturated carbocycles. The van der Waals surface area contributed by atoms with E-state index in [9.17, 15) is 5.11 Å². The van der Waals surface area contributed by atoms with Crippen LogP contribution < -0.4 is 0 Å². The molecule has 1 N–H and O–H groups in total. The van der Waals surface area contributed by atoms with Gasteiger partial charge in [0.25, 0.3) is 0 Å². The number of halogens is 1. The summed E-state index contributed by atoms with van der Waals surface area (Å²) in [5, 5.41) is 10.00. The standard InChI is InChI=1S/C16H25NO.BrH/c1-3-10-17(11-4-2)14-9-8-13-6-5-7-16(18)15(13)12-14;/h5-7,14,18H,3-4,8-12H2,1-2H3;1H/t14-;/m0./s1. The van der Waals surface area contributed by atoms with E-state index < -0.39 is 0 Å². The van der Waals surface area contributed by atoms with Crippen LogP contribution in [-0.2, 0) is 12.8 Å². The van der Waals surface area contributed by atoms with Gasteiger partial charge in [-0.25, -0.2) is 0 Å². The Bertz CT molecular complexity index is 388. The predicted octanol–water partition coefficient (Wildman–Crippen LogP) is 3.95. The molecule has 19 heavy (non-hydrogen) atoms. The molecule has 3 heteroatoms. The van der Waals surface area contributed by atoms with Crippen molar-refractivity contribution in [3.05, 3.63) is 29.3 Å². The van der Waals surface area contributed by atoms with Gasteiger partial charge in [-0.15, -0.1) is 17.0 Å². The van der Waals surface area contributed by atoms with Crippen LogP contribution in [0.25, 0.3) is 0 Å². The fourth-order valence-corrected chi connectivity index (χ4v) is 3.11. The van der Waals surface area contributed by atoms with Gasteiger partial charge in [0.1, 0.15) is 5.75 Å². The molecule has 108 valence electrons. The van der Waals surface area contributed by atoms with Gasteiger partial charge in [-0.2, -0.15) is 0 Å². The lowest BCUT2D eigenvalue weighted by Gasteiger charge is -2.35. The van der Waals surface area contributed by atoms with E-state index in [1.807, 2.05) is 12.1 Å². The average molecular weight is 328 g/mol. The van der Waals surface area contributed by atoms with Crippen LogP contribution in [0.1, 0.15) is 44.2 Å². The van der Waals surface area contributed by atoms with Gasteiger partial charge in [-0.05, 0) is 62.4 Å². The van der Waals surface area contributed by atoms with Crippen LogP contribution in [-0.4, -0.2) is 29.1 Å². The van der Waals surface area contributed by atoms with Crippen LogP contribution in [0, 0.1) is 0 Å². The van der Waals surface area contributed by atoms with Gasteiger partial charge in [0.15, 0.2) is 0 Å². The number of aryl methyl sites for hydroxylation is 1. The fraction of sp³-hybridized carbons (Fsp3) is 0.625. The van der Waals surface area contributed by atoms with E-state index in [4.69, 9.17) is 0 Å². The number of aromatic hydroxyl groups is 1. The number of nitrogens with zero attached hydrogens (tertiary/aromatic N) is 1. The molecule has 0 aromatic heterocycles. The van der Waals surface area contributed by atoms with Crippen molar-refractivity contribution in [2.45, 2.75) is 52.0 Å². The molecule has 0 fully saturated rings. The number of benzene rings is 1. The Morgan fingerprint density at radius 3 is 2.53 bits per heavy atom. The molecule has 1 aliphatic carbocycles. The molecule has 0 bridgehead atoms. The molecule has 2 rings (SSSR count). The second-order valence-electron chi connectivity index (χ2n) is 5.35. The van der Waals surface area contributed by atoms with Gasteiger partial charge in [0, 0.05) is 6.04 Å². The molecule has 0 radical (unpaired) electrons. The van der Waals surface area contributed by atoms with Gasteiger partial charge in [0.2, 0.25) is 0 Å². The van der Waals surface area contributed by atoms with Gasteiger partial charge >= 0.3 is 0 Å². The smallest absolute Gasteiger partial charge is 0.119 e. The zero-order valence-electron chi connectivity index (χ0n) is 12.1. The van der Waals surface area contributed by atoms with Crippen molar-refractivity contribution in [3.8, 4) is 5.75 Å². The van der Waals surface area contributed by atoms with Crippen molar-refractivity contribution >= 4 is 17.0 Å². The molecule has 1 aromatic rings. The third-order valence-corrected chi connectivity index (χ3v) is 3.97. The van der Waals surface area contributed by atoms with Crippen molar-refractivity contribution < 1.29 is 5.11 Å². The molecule has 1 aliphatic rings. The Balaban J connectivity index is 0.00000180. The lowest BCUT2D eigenvalue weighted by Crippen LogP contribution is -2.40. The normalized spacial score (nSPS) is 17.9. The maximum atomic E-state index is 10.00. The molecule has 1 aromatic carbocycles. The van der Waals surface area contributed by atoms with Crippen molar-refractivity contribution in [2.75, 3.05) is 13.1 Å². The SMILES string of the molecule is Br.CCCN(CCC)[C@H]1CCc2cccc(O)c2C1. The summed E-state index contributed by atoms with van der Waals surface area (Å²) < 4.78 is 0. The maximum Gasteiger partial charge on any atom is 0.119 e. The van der Waals surface area contributed by atoms with Crippen LogP contribution in [0.2, 0.25) is 0 Å². The number of fused-ring (bicyclic) bond motifs is 1. The highest BCUT2D eigenvalue weighted by Gasteiger charge is 2.24. The molecule has 0 unspecified atom stereocenters. The lowest BCUT2D eigenvalue weighted by atomic mass is 9.86. The van der Waals surface area contributed by atoms with Crippen molar-refractivity contribution in [1.29, 1.82) is 0 Å². The summed E-state index contributed by atoms with van der Waals surface area (Å²) in [6.45, 7) is 6.86. The summed E-state index contributed by atoms with van der Waals surface area (Å²) in [6.07, 6.45) is 5.78. The summed E-state index contributed by atoms with van der Waals surface area (Å²) in [5.41, 5.74) is 2.53. The number of hydrogen-bond acceptors (Lipinski definition) is 2. The van der Waals surface area contributed by atoms with E-state index in [0.717, 1.165) is 12.8 Å². The van der Waals surface area contributed by atoms with Crippen LogP contribution in [0.4, 0.5) is 0 Å². The zero-order chi connectivity index (χ0) is 13.0. The first kappa shape index (κ1) is 16.5. The summed E-state index contributed by atoms with van der Waals surface area (Å²) in [4.78, 5) is 2.61. The third kappa shape index (κ3) is 3.96. The van der Waals surface area contributed by atoms with E-state index in [-0.39, 0.29) is 17.0 Å². The highest BCUT2D eigenvalue weighted by Crippen LogP contribution is 2.30. The summed E-state index contributed by atoms with van der Waals surface area (Å²) >= 11 is 0. The molecule has 0 heterocycles. The second kappa shape index (κ2) is 7.91. The van der Waals surface area contributed by atoms with Gasteiger partial charge in [-0.3, -0.25) is 0 Å². The number of phenols is 1. The minimum Gasteiger partial charge on any atom is -0.508 e. The molecular formula is C16H26BrNO. The number of rotatable bonds is 5. The Morgan fingerprint density at radius 2 is 1.89 bits per heavy atom. The molecule has 0 amide bonds.